The van der Waals surface area contributed by atoms with E-state index in [2.05, 4.69) is 5.32 Å². The van der Waals surface area contributed by atoms with Gasteiger partial charge in [0, 0.05) is 12.6 Å². The quantitative estimate of drug-likeness (QED) is 0.798. The summed E-state index contributed by atoms with van der Waals surface area (Å²) in [5.74, 6) is 0.700. The molecule has 0 aliphatic rings. The molecule has 0 saturated heterocycles. The Morgan fingerprint density at radius 1 is 1.33 bits per heavy atom. The van der Waals surface area contributed by atoms with Gasteiger partial charge in [-0.1, -0.05) is 19.1 Å². The Balaban J connectivity index is 2.81. The Morgan fingerprint density at radius 2 is 2.05 bits per heavy atom. The molecule has 1 rings (SSSR count). The van der Waals surface area contributed by atoms with Crippen molar-refractivity contribution in [2.75, 3.05) is 33.8 Å². The van der Waals surface area contributed by atoms with Crippen LogP contribution in [0.25, 0.3) is 0 Å². The minimum Gasteiger partial charge on any atom is -0.497 e. The lowest BCUT2D eigenvalue weighted by molar-refractivity contribution is -0.146. The van der Waals surface area contributed by atoms with Gasteiger partial charge < -0.3 is 10.1 Å². The fourth-order valence-corrected chi connectivity index (χ4v) is 2.28. The first kappa shape index (κ1) is 17.8. The SMILES string of the molecule is CCCN(CC(NC)c1cccc(OC)c1)CC(F)(F)F. The van der Waals surface area contributed by atoms with Crippen molar-refractivity contribution in [2.45, 2.75) is 25.6 Å². The Kier molecular flexibility index (Phi) is 6.98. The lowest BCUT2D eigenvalue weighted by Gasteiger charge is -2.28. The summed E-state index contributed by atoms with van der Waals surface area (Å²) >= 11 is 0. The van der Waals surface area contributed by atoms with Crippen LogP contribution in [0.2, 0.25) is 0 Å². The van der Waals surface area contributed by atoms with E-state index >= 15 is 0 Å². The lowest BCUT2D eigenvalue weighted by Crippen LogP contribution is -2.40. The number of rotatable bonds is 8. The molecule has 1 aromatic rings. The van der Waals surface area contributed by atoms with Crippen LogP contribution in [0.1, 0.15) is 24.9 Å². The summed E-state index contributed by atoms with van der Waals surface area (Å²) in [6.45, 7) is 1.71. The first-order chi connectivity index (χ1) is 9.89. The fraction of sp³-hybridized carbons (Fsp3) is 0.600. The molecule has 0 spiro atoms. The minimum absolute atomic E-state index is 0.172. The third kappa shape index (κ3) is 6.35. The van der Waals surface area contributed by atoms with Gasteiger partial charge in [0.1, 0.15) is 5.75 Å². The van der Waals surface area contributed by atoms with Crippen molar-refractivity contribution >= 4 is 0 Å². The minimum atomic E-state index is -4.18. The van der Waals surface area contributed by atoms with E-state index in [0.717, 1.165) is 5.56 Å². The predicted octanol–water partition coefficient (Wildman–Crippen LogP) is 3.23. The number of hydrogen-bond donors (Lipinski definition) is 1. The number of nitrogens with one attached hydrogen (secondary N) is 1. The van der Waals surface area contributed by atoms with Crippen LogP contribution in [-0.4, -0.2) is 44.9 Å². The highest BCUT2D eigenvalue weighted by Gasteiger charge is 2.31. The average molecular weight is 304 g/mol. The summed E-state index contributed by atoms with van der Waals surface area (Å²) in [7, 11) is 3.32. The van der Waals surface area contributed by atoms with E-state index in [0.29, 0.717) is 25.3 Å². The summed E-state index contributed by atoms with van der Waals surface area (Å²) in [5.41, 5.74) is 0.917. The highest BCUT2D eigenvalue weighted by Crippen LogP contribution is 2.22. The van der Waals surface area contributed by atoms with E-state index in [1.165, 1.54) is 4.90 Å². The largest absolute Gasteiger partial charge is 0.497 e. The summed E-state index contributed by atoms with van der Waals surface area (Å²) in [5, 5.41) is 3.08. The number of halogens is 3. The second kappa shape index (κ2) is 8.24. The molecular weight excluding hydrogens is 281 g/mol. The van der Waals surface area contributed by atoms with Crippen molar-refractivity contribution in [1.82, 2.24) is 10.2 Å². The highest BCUT2D eigenvalue weighted by atomic mass is 19.4. The van der Waals surface area contributed by atoms with Gasteiger partial charge in [0.15, 0.2) is 0 Å². The number of alkyl halides is 3. The zero-order chi connectivity index (χ0) is 15.9. The third-order valence-electron chi connectivity index (χ3n) is 3.23. The van der Waals surface area contributed by atoms with Crippen molar-refractivity contribution in [3.63, 3.8) is 0 Å². The maximum Gasteiger partial charge on any atom is 0.401 e. The van der Waals surface area contributed by atoms with Crippen molar-refractivity contribution in [1.29, 1.82) is 0 Å². The Labute approximate surface area is 124 Å². The van der Waals surface area contributed by atoms with Gasteiger partial charge in [-0.25, -0.2) is 0 Å². The second-order valence-electron chi connectivity index (χ2n) is 4.97. The monoisotopic (exact) mass is 304 g/mol. The summed E-state index contributed by atoms with van der Waals surface area (Å²) in [4.78, 5) is 1.43. The van der Waals surface area contributed by atoms with Gasteiger partial charge >= 0.3 is 6.18 Å². The molecule has 0 aliphatic carbocycles. The van der Waals surface area contributed by atoms with E-state index in [4.69, 9.17) is 4.74 Å². The van der Waals surface area contributed by atoms with Gasteiger partial charge in [-0.3, -0.25) is 4.90 Å². The van der Waals surface area contributed by atoms with Crippen LogP contribution in [0.5, 0.6) is 5.75 Å². The molecule has 0 fully saturated rings. The van der Waals surface area contributed by atoms with Crippen molar-refractivity contribution in [2.24, 2.45) is 0 Å². The zero-order valence-electron chi connectivity index (χ0n) is 12.7. The van der Waals surface area contributed by atoms with E-state index in [1.54, 1.807) is 14.2 Å². The van der Waals surface area contributed by atoms with Crippen LogP contribution < -0.4 is 10.1 Å². The van der Waals surface area contributed by atoms with E-state index in [1.807, 2.05) is 31.2 Å². The Hall–Kier alpha value is -1.27. The van der Waals surface area contributed by atoms with Gasteiger partial charge in [0.25, 0.3) is 0 Å². The summed E-state index contributed by atoms with van der Waals surface area (Å²) < 4.78 is 43.0. The van der Waals surface area contributed by atoms with Crippen LogP contribution >= 0.6 is 0 Å². The van der Waals surface area contributed by atoms with Crippen LogP contribution in [0, 0.1) is 0 Å². The van der Waals surface area contributed by atoms with Crippen molar-refractivity contribution < 1.29 is 17.9 Å². The normalized spacial score (nSPS) is 13.5. The molecule has 0 saturated carbocycles. The molecule has 1 unspecified atom stereocenters. The smallest absolute Gasteiger partial charge is 0.401 e. The standard InChI is InChI=1S/C15H23F3N2O/c1-4-8-20(11-15(16,17)18)10-14(19-2)12-6-5-7-13(9-12)21-3/h5-7,9,14,19H,4,8,10-11H2,1-3H3. The highest BCUT2D eigenvalue weighted by molar-refractivity contribution is 5.30. The van der Waals surface area contributed by atoms with Gasteiger partial charge in [0.05, 0.1) is 13.7 Å². The second-order valence-corrected chi connectivity index (χ2v) is 4.97. The van der Waals surface area contributed by atoms with E-state index in [-0.39, 0.29) is 6.04 Å². The van der Waals surface area contributed by atoms with Crippen LogP contribution in [-0.2, 0) is 0 Å². The van der Waals surface area contributed by atoms with Gasteiger partial charge in [-0.15, -0.1) is 0 Å². The number of methoxy groups -OCH3 is 1. The predicted molar refractivity (Wildman–Crippen MR) is 77.6 cm³/mol. The fourth-order valence-electron chi connectivity index (χ4n) is 2.28. The molecule has 0 radical (unpaired) electrons. The Morgan fingerprint density at radius 3 is 2.57 bits per heavy atom. The van der Waals surface area contributed by atoms with Crippen molar-refractivity contribution in [3.8, 4) is 5.75 Å². The van der Waals surface area contributed by atoms with Gasteiger partial charge in [0.2, 0.25) is 0 Å². The number of benzene rings is 1. The van der Waals surface area contributed by atoms with E-state index in [9.17, 15) is 13.2 Å². The molecule has 0 aromatic heterocycles. The summed E-state index contributed by atoms with van der Waals surface area (Å²) in [6.07, 6.45) is -3.49. The number of nitrogens with zero attached hydrogens (tertiary/aromatic N) is 1. The Bertz CT molecular complexity index is 424. The molecule has 21 heavy (non-hydrogen) atoms. The third-order valence-corrected chi connectivity index (χ3v) is 3.23. The molecule has 1 N–H and O–H groups in total. The molecule has 0 heterocycles. The van der Waals surface area contributed by atoms with E-state index < -0.39 is 12.7 Å². The zero-order valence-corrected chi connectivity index (χ0v) is 12.7. The molecule has 0 amide bonds. The first-order valence-corrected chi connectivity index (χ1v) is 7.00. The lowest BCUT2D eigenvalue weighted by atomic mass is 10.1. The first-order valence-electron chi connectivity index (χ1n) is 7.00. The molecule has 1 atom stereocenters. The van der Waals surface area contributed by atoms with Crippen molar-refractivity contribution in [3.05, 3.63) is 29.8 Å². The molecule has 3 nitrogen and oxygen atoms in total. The number of hydrogen-bond acceptors (Lipinski definition) is 3. The molecule has 0 bridgehead atoms. The van der Waals surface area contributed by atoms with Crippen LogP contribution in [0.4, 0.5) is 13.2 Å². The van der Waals surface area contributed by atoms with Gasteiger partial charge in [-0.05, 0) is 37.7 Å². The molecular formula is C15H23F3N2O. The van der Waals surface area contributed by atoms with Gasteiger partial charge in [-0.2, -0.15) is 13.2 Å². The average Bonchev–Trinajstić information content (AvgIpc) is 2.43. The van der Waals surface area contributed by atoms with Crippen LogP contribution in [0.15, 0.2) is 24.3 Å². The molecule has 1 aromatic carbocycles. The topological polar surface area (TPSA) is 24.5 Å². The number of likely N-dealkylation sites (N-methyl/N-ethyl adjacent to an activating group) is 1. The molecule has 6 heteroatoms. The molecule has 120 valence electrons. The maximum absolute atomic E-state index is 12.6. The number of ether oxygens (including phenoxy) is 1. The van der Waals surface area contributed by atoms with Crippen LogP contribution in [0.3, 0.4) is 0 Å². The summed E-state index contributed by atoms with van der Waals surface area (Å²) in [6, 6.07) is 7.22. The molecule has 0 aliphatic heterocycles. The maximum atomic E-state index is 12.6.